The second-order valence-corrected chi connectivity index (χ2v) is 4.07. The van der Waals surface area contributed by atoms with Crippen LogP contribution in [0.25, 0.3) is 11.2 Å². The van der Waals surface area contributed by atoms with Crippen molar-refractivity contribution in [1.29, 1.82) is 0 Å². The van der Waals surface area contributed by atoms with Gasteiger partial charge < -0.3 is 19.2 Å². The first kappa shape index (κ1) is 12.7. The lowest BCUT2D eigenvalue weighted by molar-refractivity contribution is 0.0694. The largest absolute Gasteiger partial charge is 0.422 e. The number of aromatic nitrogens is 3. The van der Waals surface area contributed by atoms with Crippen LogP contribution in [-0.4, -0.2) is 53.5 Å². The number of hydrogen-bond acceptors (Lipinski definition) is 7. The Bertz CT molecular complexity index is 528. The average molecular weight is 252 g/mol. The molecule has 0 saturated carbocycles. The number of aliphatic hydroxyl groups is 1. The molecule has 2 aromatic heterocycles. The van der Waals surface area contributed by atoms with Crippen LogP contribution in [0.2, 0.25) is 0 Å². The Morgan fingerprint density at radius 1 is 1.50 bits per heavy atom. The molecule has 2 heterocycles. The molecule has 2 rings (SSSR count). The lowest BCUT2D eigenvalue weighted by atomic mass is 10.3. The first-order valence-corrected chi connectivity index (χ1v) is 5.58. The van der Waals surface area contributed by atoms with Gasteiger partial charge in [0.1, 0.15) is 6.33 Å². The number of methoxy groups -OCH3 is 1. The molecule has 7 nitrogen and oxygen atoms in total. The number of aryl methyl sites for hydroxylation is 1. The maximum absolute atomic E-state index is 9.70. The Morgan fingerprint density at radius 2 is 2.28 bits per heavy atom. The molecule has 0 saturated heterocycles. The Morgan fingerprint density at radius 3 is 3.00 bits per heavy atom. The van der Waals surface area contributed by atoms with Crippen LogP contribution in [0.1, 0.15) is 5.89 Å². The van der Waals surface area contributed by atoms with Crippen LogP contribution in [0.3, 0.4) is 0 Å². The maximum atomic E-state index is 9.70. The second kappa shape index (κ2) is 5.28. The predicted molar refractivity (Wildman–Crippen MR) is 65.5 cm³/mol. The fourth-order valence-electron chi connectivity index (χ4n) is 1.77. The molecule has 18 heavy (non-hydrogen) atoms. The SMILES string of the molecule is COCC(O)CN(C)c1ncnc2oc(C)nc12. The molecule has 0 amide bonds. The van der Waals surface area contributed by atoms with Crippen molar-refractivity contribution in [3.63, 3.8) is 0 Å². The van der Waals surface area contributed by atoms with E-state index in [1.807, 2.05) is 7.05 Å². The molecule has 0 aliphatic rings. The van der Waals surface area contributed by atoms with E-state index in [0.29, 0.717) is 29.5 Å². The van der Waals surface area contributed by atoms with E-state index in [9.17, 15) is 5.11 Å². The molecule has 1 N–H and O–H groups in total. The van der Waals surface area contributed by atoms with E-state index >= 15 is 0 Å². The number of hydrogen-bond donors (Lipinski definition) is 1. The Labute approximate surface area is 104 Å². The molecular weight excluding hydrogens is 236 g/mol. The number of rotatable bonds is 5. The number of likely N-dealkylation sites (N-methyl/N-ethyl adjacent to an activating group) is 1. The molecule has 1 unspecified atom stereocenters. The number of oxazole rings is 1. The minimum absolute atomic E-state index is 0.274. The van der Waals surface area contributed by atoms with Crippen LogP contribution in [0.15, 0.2) is 10.7 Å². The van der Waals surface area contributed by atoms with Gasteiger partial charge in [0.25, 0.3) is 5.71 Å². The fourth-order valence-corrected chi connectivity index (χ4v) is 1.77. The average Bonchev–Trinajstić information content (AvgIpc) is 2.68. The number of ether oxygens (including phenoxy) is 1. The van der Waals surface area contributed by atoms with Crippen molar-refractivity contribution in [1.82, 2.24) is 15.0 Å². The summed E-state index contributed by atoms with van der Waals surface area (Å²) in [4.78, 5) is 14.2. The van der Waals surface area contributed by atoms with Crippen molar-refractivity contribution >= 4 is 17.0 Å². The van der Waals surface area contributed by atoms with Gasteiger partial charge in [0.2, 0.25) is 0 Å². The van der Waals surface area contributed by atoms with E-state index in [2.05, 4.69) is 15.0 Å². The highest BCUT2D eigenvalue weighted by Crippen LogP contribution is 2.21. The van der Waals surface area contributed by atoms with Gasteiger partial charge in [-0.3, -0.25) is 0 Å². The van der Waals surface area contributed by atoms with Gasteiger partial charge >= 0.3 is 0 Å². The minimum Gasteiger partial charge on any atom is -0.422 e. The predicted octanol–water partition coefficient (Wildman–Crippen LogP) is 0.370. The lowest BCUT2D eigenvalue weighted by Gasteiger charge is -2.20. The third-order valence-corrected chi connectivity index (χ3v) is 2.49. The molecule has 7 heteroatoms. The van der Waals surface area contributed by atoms with E-state index in [4.69, 9.17) is 9.15 Å². The van der Waals surface area contributed by atoms with Gasteiger partial charge in [-0.1, -0.05) is 0 Å². The highest BCUT2D eigenvalue weighted by atomic mass is 16.5. The van der Waals surface area contributed by atoms with Gasteiger partial charge in [-0.15, -0.1) is 0 Å². The molecule has 0 fully saturated rings. The van der Waals surface area contributed by atoms with Crippen molar-refractivity contribution in [2.24, 2.45) is 0 Å². The summed E-state index contributed by atoms with van der Waals surface area (Å²) in [6.45, 7) is 2.42. The van der Waals surface area contributed by atoms with E-state index < -0.39 is 6.10 Å². The summed E-state index contributed by atoms with van der Waals surface area (Å²) in [6.07, 6.45) is 0.833. The van der Waals surface area contributed by atoms with Crippen molar-refractivity contribution in [2.75, 3.05) is 32.2 Å². The smallest absolute Gasteiger partial charge is 0.252 e. The molecule has 0 aromatic carbocycles. The number of nitrogens with zero attached hydrogens (tertiary/aromatic N) is 4. The normalized spacial score (nSPS) is 12.9. The molecule has 0 aliphatic heterocycles. The van der Waals surface area contributed by atoms with Gasteiger partial charge in [0.15, 0.2) is 17.2 Å². The lowest BCUT2D eigenvalue weighted by Crippen LogP contribution is -2.32. The summed E-state index contributed by atoms with van der Waals surface area (Å²) in [5.41, 5.74) is 1.05. The van der Waals surface area contributed by atoms with Gasteiger partial charge in [0.05, 0.1) is 12.7 Å². The molecule has 0 spiro atoms. The summed E-state index contributed by atoms with van der Waals surface area (Å²) >= 11 is 0. The molecular formula is C11H16N4O3. The van der Waals surface area contributed by atoms with Crippen molar-refractivity contribution in [2.45, 2.75) is 13.0 Å². The van der Waals surface area contributed by atoms with E-state index in [1.54, 1.807) is 18.9 Å². The van der Waals surface area contributed by atoms with Crippen molar-refractivity contribution < 1.29 is 14.3 Å². The third-order valence-electron chi connectivity index (χ3n) is 2.49. The van der Waals surface area contributed by atoms with Crippen molar-refractivity contribution in [3.8, 4) is 0 Å². The van der Waals surface area contributed by atoms with Gasteiger partial charge in [-0.05, 0) is 0 Å². The number of fused-ring (bicyclic) bond motifs is 1. The molecule has 1 atom stereocenters. The van der Waals surface area contributed by atoms with Gasteiger partial charge in [-0.25, -0.2) is 9.97 Å². The third kappa shape index (κ3) is 2.57. The first-order valence-electron chi connectivity index (χ1n) is 5.58. The summed E-state index contributed by atoms with van der Waals surface area (Å²) in [5, 5.41) is 9.70. The summed E-state index contributed by atoms with van der Waals surface area (Å²) in [6, 6.07) is 0. The number of aliphatic hydroxyl groups excluding tert-OH is 1. The van der Waals surface area contributed by atoms with Crippen LogP contribution in [-0.2, 0) is 4.74 Å². The molecule has 0 radical (unpaired) electrons. The zero-order chi connectivity index (χ0) is 13.1. The quantitative estimate of drug-likeness (QED) is 0.822. The Kier molecular flexibility index (Phi) is 3.73. The topological polar surface area (TPSA) is 84.5 Å². The van der Waals surface area contributed by atoms with Crippen LogP contribution >= 0.6 is 0 Å². The molecule has 2 aromatic rings. The first-order chi connectivity index (χ1) is 8.61. The Hall–Kier alpha value is -1.73. The molecule has 98 valence electrons. The Balaban J connectivity index is 2.24. The zero-order valence-corrected chi connectivity index (χ0v) is 10.6. The van der Waals surface area contributed by atoms with Gasteiger partial charge in [-0.2, -0.15) is 4.98 Å². The van der Waals surface area contributed by atoms with Gasteiger partial charge in [0, 0.05) is 27.6 Å². The van der Waals surface area contributed by atoms with Crippen molar-refractivity contribution in [3.05, 3.63) is 12.2 Å². The van der Waals surface area contributed by atoms with Crippen LogP contribution in [0.4, 0.5) is 5.82 Å². The fraction of sp³-hybridized carbons (Fsp3) is 0.545. The summed E-state index contributed by atoms with van der Waals surface area (Å²) in [7, 11) is 3.37. The minimum atomic E-state index is -0.585. The second-order valence-electron chi connectivity index (χ2n) is 4.07. The van der Waals surface area contributed by atoms with Crippen LogP contribution < -0.4 is 4.90 Å². The highest BCUT2D eigenvalue weighted by molar-refractivity contribution is 5.81. The standard InChI is InChI=1S/C11H16N4O3/c1-7-14-9-10(12-6-13-11(9)18-7)15(2)4-8(16)5-17-3/h6,8,16H,4-5H2,1-3H3. The highest BCUT2D eigenvalue weighted by Gasteiger charge is 2.16. The monoisotopic (exact) mass is 252 g/mol. The molecule has 0 bridgehead atoms. The maximum Gasteiger partial charge on any atom is 0.252 e. The van der Waals surface area contributed by atoms with Crippen LogP contribution in [0.5, 0.6) is 0 Å². The van der Waals surface area contributed by atoms with Crippen LogP contribution in [0, 0.1) is 6.92 Å². The summed E-state index contributed by atoms with van der Waals surface area (Å²) in [5.74, 6) is 1.17. The number of anilines is 1. The van der Waals surface area contributed by atoms with E-state index in [-0.39, 0.29) is 6.61 Å². The summed E-state index contributed by atoms with van der Waals surface area (Å²) < 4.78 is 10.2. The molecule has 0 aliphatic carbocycles. The van der Waals surface area contributed by atoms with E-state index in [0.717, 1.165) is 0 Å². The zero-order valence-electron chi connectivity index (χ0n) is 10.6. The van der Waals surface area contributed by atoms with E-state index in [1.165, 1.54) is 6.33 Å².